The van der Waals surface area contributed by atoms with Crippen molar-refractivity contribution < 1.29 is 9.13 Å². The lowest BCUT2D eigenvalue weighted by Gasteiger charge is -2.11. The second kappa shape index (κ2) is 6.62. The molecule has 2 nitrogen and oxygen atoms in total. The molecule has 0 aromatic heterocycles. The molecule has 0 unspecified atom stereocenters. The highest BCUT2D eigenvalue weighted by atomic mass is 35.5. The minimum absolute atomic E-state index is 0.148. The van der Waals surface area contributed by atoms with Gasteiger partial charge in [-0.15, -0.1) is 0 Å². The van der Waals surface area contributed by atoms with Crippen molar-refractivity contribution >= 4 is 17.3 Å². The maximum atomic E-state index is 13.6. The Morgan fingerprint density at radius 2 is 1.85 bits per heavy atom. The number of benzene rings is 2. The predicted molar refractivity (Wildman–Crippen MR) is 80.9 cm³/mol. The summed E-state index contributed by atoms with van der Waals surface area (Å²) in [4.78, 5) is 0. The fraction of sp³-hybridized carbons (Fsp3) is 0.250. The summed E-state index contributed by atoms with van der Waals surface area (Å²) in [6.45, 7) is 4.35. The topological polar surface area (TPSA) is 21.3 Å². The summed E-state index contributed by atoms with van der Waals surface area (Å²) in [7, 11) is 0. The summed E-state index contributed by atoms with van der Waals surface area (Å²) in [5.41, 5.74) is 1.44. The van der Waals surface area contributed by atoms with Crippen LogP contribution in [-0.4, -0.2) is 6.10 Å². The standard InChI is InChI=1S/C16H17ClFNO/c1-11(2)20-15-6-4-14(5-7-15)19-10-12-9-13(17)3-8-16(12)18/h3-9,11,19H,10H2,1-2H3. The van der Waals surface area contributed by atoms with Crippen molar-refractivity contribution in [3.8, 4) is 5.75 Å². The van der Waals surface area contributed by atoms with E-state index in [0.29, 0.717) is 17.1 Å². The van der Waals surface area contributed by atoms with E-state index in [4.69, 9.17) is 16.3 Å². The SMILES string of the molecule is CC(C)Oc1ccc(NCc2cc(Cl)ccc2F)cc1. The van der Waals surface area contributed by atoms with Crippen LogP contribution >= 0.6 is 11.6 Å². The first-order valence-corrected chi connectivity index (χ1v) is 6.87. The number of ether oxygens (including phenoxy) is 1. The lowest BCUT2D eigenvalue weighted by atomic mass is 10.2. The highest BCUT2D eigenvalue weighted by Gasteiger charge is 2.03. The van der Waals surface area contributed by atoms with Crippen molar-refractivity contribution in [2.45, 2.75) is 26.5 Å². The van der Waals surface area contributed by atoms with Crippen LogP contribution in [0, 0.1) is 5.82 Å². The molecule has 2 rings (SSSR count). The molecular formula is C16H17ClFNO. The van der Waals surface area contributed by atoms with Gasteiger partial charge in [-0.05, 0) is 56.3 Å². The molecule has 1 N–H and O–H groups in total. The van der Waals surface area contributed by atoms with Gasteiger partial charge in [0.2, 0.25) is 0 Å². The van der Waals surface area contributed by atoms with Gasteiger partial charge in [0.25, 0.3) is 0 Å². The number of hydrogen-bond donors (Lipinski definition) is 1. The van der Waals surface area contributed by atoms with Crippen LogP contribution in [-0.2, 0) is 6.54 Å². The average molecular weight is 294 g/mol. The Morgan fingerprint density at radius 3 is 2.50 bits per heavy atom. The molecule has 0 radical (unpaired) electrons. The Labute approximate surface area is 123 Å². The van der Waals surface area contributed by atoms with Crippen LogP contribution in [0.2, 0.25) is 5.02 Å². The Morgan fingerprint density at radius 1 is 1.15 bits per heavy atom. The summed E-state index contributed by atoms with van der Waals surface area (Å²) >= 11 is 5.86. The van der Waals surface area contributed by atoms with Crippen LogP contribution in [0.25, 0.3) is 0 Å². The first kappa shape index (κ1) is 14.7. The average Bonchev–Trinajstić information content (AvgIpc) is 2.41. The molecule has 0 aliphatic heterocycles. The fourth-order valence-electron chi connectivity index (χ4n) is 1.80. The van der Waals surface area contributed by atoms with Crippen molar-refractivity contribution in [3.63, 3.8) is 0 Å². The number of anilines is 1. The van der Waals surface area contributed by atoms with E-state index in [1.165, 1.54) is 6.07 Å². The third-order valence-corrected chi connectivity index (χ3v) is 2.95. The van der Waals surface area contributed by atoms with E-state index in [1.807, 2.05) is 38.1 Å². The van der Waals surface area contributed by atoms with Gasteiger partial charge in [-0.25, -0.2) is 4.39 Å². The lowest BCUT2D eigenvalue weighted by molar-refractivity contribution is 0.242. The van der Waals surface area contributed by atoms with E-state index < -0.39 is 0 Å². The lowest BCUT2D eigenvalue weighted by Crippen LogP contribution is -2.05. The molecule has 0 saturated heterocycles. The first-order chi connectivity index (χ1) is 9.54. The van der Waals surface area contributed by atoms with Crippen LogP contribution in [0.1, 0.15) is 19.4 Å². The molecule has 0 aliphatic carbocycles. The van der Waals surface area contributed by atoms with E-state index in [2.05, 4.69) is 5.32 Å². The zero-order chi connectivity index (χ0) is 14.5. The summed E-state index contributed by atoms with van der Waals surface area (Å²) < 4.78 is 19.1. The number of rotatable bonds is 5. The van der Waals surface area contributed by atoms with Gasteiger partial charge in [0, 0.05) is 22.8 Å². The van der Waals surface area contributed by atoms with Crippen LogP contribution in [0.15, 0.2) is 42.5 Å². The van der Waals surface area contributed by atoms with Gasteiger partial charge < -0.3 is 10.1 Å². The quantitative estimate of drug-likeness (QED) is 0.848. The predicted octanol–water partition coefficient (Wildman–Crippen LogP) is 4.88. The molecule has 2 aromatic carbocycles. The number of halogens is 2. The highest BCUT2D eigenvalue weighted by molar-refractivity contribution is 6.30. The second-order valence-electron chi connectivity index (χ2n) is 4.78. The molecule has 0 aliphatic rings. The molecule has 0 fully saturated rings. The zero-order valence-electron chi connectivity index (χ0n) is 11.5. The van der Waals surface area contributed by atoms with Crippen molar-refractivity contribution in [2.75, 3.05) is 5.32 Å². The molecule has 20 heavy (non-hydrogen) atoms. The third kappa shape index (κ3) is 4.14. The number of nitrogens with one attached hydrogen (secondary N) is 1. The molecular weight excluding hydrogens is 277 g/mol. The van der Waals surface area contributed by atoms with Gasteiger partial charge >= 0.3 is 0 Å². The van der Waals surface area contributed by atoms with Gasteiger partial charge in [-0.2, -0.15) is 0 Å². The smallest absolute Gasteiger partial charge is 0.128 e. The largest absolute Gasteiger partial charge is 0.491 e. The second-order valence-corrected chi connectivity index (χ2v) is 5.22. The maximum absolute atomic E-state index is 13.6. The summed E-state index contributed by atoms with van der Waals surface area (Å²) in [5.74, 6) is 0.557. The van der Waals surface area contributed by atoms with E-state index in [1.54, 1.807) is 12.1 Å². The molecule has 2 aromatic rings. The molecule has 0 spiro atoms. The van der Waals surface area contributed by atoms with E-state index in [0.717, 1.165) is 11.4 Å². The normalized spacial score (nSPS) is 10.7. The molecule has 4 heteroatoms. The maximum Gasteiger partial charge on any atom is 0.128 e. The van der Waals surface area contributed by atoms with Gasteiger partial charge in [-0.3, -0.25) is 0 Å². The van der Waals surface area contributed by atoms with Gasteiger partial charge in [0.1, 0.15) is 11.6 Å². The van der Waals surface area contributed by atoms with Crippen LogP contribution in [0.3, 0.4) is 0 Å². The minimum Gasteiger partial charge on any atom is -0.491 e. The van der Waals surface area contributed by atoms with Gasteiger partial charge in [0.15, 0.2) is 0 Å². The fourth-order valence-corrected chi connectivity index (χ4v) is 1.99. The summed E-state index contributed by atoms with van der Waals surface area (Å²) in [6, 6.07) is 12.1. The summed E-state index contributed by atoms with van der Waals surface area (Å²) in [5, 5.41) is 3.69. The minimum atomic E-state index is -0.262. The van der Waals surface area contributed by atoms with E-state index >= 15 is 0 Å². The van der Waals surface area contributed by atoms with Crippen LogP contribution < -0.4 is 10.1 Å². The molecule has 0 saturated carbocycles. The Balaban J connectivity index is 1.98. The van der Waals surface area contributed by atoms with Crippen LogP contribution in [0.5, 0.6) is 5.75 Å². The summed E-state index contributed by atoms with van der Waals surface area (Å²) in [6.07, 6.45) is 0.148. The van der Waals surface area contributed by atoms with Crippen molar-refractivity contribution in [1.82, 2.24) is 0 Å². The van der Waals surface area contributed by atoms with Crippen molar-refractivity contribution in [1.29, 1.82) is 0 Å². The molecule has 0 heterocycles. The third-order valence-electron chi connectivity index (χ3n) is 2.72. The zero-order valence-corrected chi connectivity index (χ0v) is 12.2. The molecule has 0 amide bonds. The highest BCUT2D eigenvalue weighted by Crippen LogP contribution is 2.19. The van der Waals surface area contributed by atoms with Crippen molar-refractivity contribution in [3.05, 3.63) is 58.9 Å². The monoisotopic (exact) mass is 293 g/mol. The van der Waals surface area contributed by atoms with Crippen molar-refractivity contribution in [2.24, 2.45) is 0 Å². The number of hydrogen-bond acceptors (Lipinski definition) is 2. The molecule has 0 atom stereocenters. The Hall–Kier alpha value is -1.74. The molecule has 106 valence electrons. The Bertz CT molecular complexity index is 569. The first-order valence-electron chi connectivity index (χ1n) is 6.49. The van der Waals surface area contributed by atoms with Gasteiger partial charge in [-0.1, -0.05) is 11.6 Å². The molecule has 0 bridgehead atoms. The van der Waals surface area contributed by atoms with E-state index in [9.17, 15) is 4.39 Å². The van der Waals surface area contributed by atoms with E-state index in [-0.39, 0.29) is 11.9 Å². The van der Waals surface area contributed by atoms with Crippen LogP contribution in [0.4, 0.5) is 10.1 Å². The van der Waals surface area contributed by atoms with Gasteiger partial charge in [0.05, 0.1) is 6.10 Å². The Kier molecular flexibility index (Phi) is 4.85.